The van der Waals surface area contributed by atoms with Crippen LogP contribution in [-0.2, 0) is 4.79 Å². The fourth-order valence-corrected chi connectivity index (χ4v) is 2.88. The van der Waals surface area contributed by atoms with Crippen molar-refractivity contribution >= 4 is 35.0 Å². The quantitative estimate of drug-likeness (QED) is 0.629. The third-order valence-corrected chi connectivity index (χ3v) is 4.46. The smallest absolute Gasteiger partial charge is 0.280 e. The Bertz CT molecular complexity index is 933. The van der Waals surface area contributed by atoms with Crippen LogP contribution in [0, 0.1) is 5.92 Å². The number of hydrazone groups is 1. The number of carbonyl (C=O) groups excluding carboxylic acids is 1. The molecule has 1 amide bonds. The van der Waals surface area contributed by atoms with Crippen LogP contribution < -0.4 is 14.5 Å². The summed E-state index contributed by atoms with van der Waals surface area (Å²) >= 11 is 5.93. The van der Waals surface area contributed by atoms with E-state index in [0.29, 0.717) is 46.0 Å². The summed E-state index contributed by atoms with van der Waals surface area (Å²) in [4.78, 5) is 12.9. The van der Waals surface area contributed by atoms with E-state index in [1.807, 2.05) is 31.2 Å². The zero-order valence-electron chi connectivity index (χ0n) is 16.4. The summed E-state index contributed by atoms with van der Waals surface area (Å²) in [7, 11) is 1.60. The molecule has 0 spiro atoms. The summed E-state index contributed by atoms with van der Waals surface area (Å²) in [6.45, 7) is 6.60. The molecule has 0 atom stereocenters. The SMILES string of the molecule is COc1cc(/C=C2\C(=O)N(c3ccc(Cl)cc3)N=C2C)ccc1OCC(C)C. The van der Waals surface area contributed by atoms with Crippen molar-refractivity contribution in [1.82, 2.24) is 0 Å². The second-order valence-electron chi connectivity index (χ2n) is 6.95. The van der Waals surface area contributed by atoms with Crippen LogP contribution in [0.25, 0.3) is 6.08 Å². The summed E-state index contributed by atoms with van der Waals surface area (Å²) in [5, 5.41) is 6.38. The lowest BCUT2D eigenvalue weighted by Crippen LogP contribution is -2.21. The van der Waals surface area contributed by atoms with E-state index < -0.39 is 0 Å². The highest BCUT2D eigenvalue weighted by molar-refractivity contribution is 6.32. The standard InChI is InChI=1S/C22H23ClN2O3/c1-14(2)13-28-20-10-5-16(12-21(20)27-4)11-19-15(3)24-25(22(19)26)18-8-6-17(23)7-9-18/h5-12,14H,13H2,1-4H3/b19-11-. The molecule has 0 radical (unpaired) electrons. The predicted molar refractivity (Wildman–Crippen MR) is 113 cm³/mol. The number of halogens is 1. The molecule has 2 aromatic rings. The van der Waals surface area contributed by atoms with Gasteiger partial charge in [0, 0.05) is 5.02 Å². The molecule has 2 aromatic carbocycles. The molecule has 0 fully saturated rings. The van der Waals surface area contributed by atoms with E-state index in [1.165, 1.54) is 5.01 Å². The first-order valence-electron chi connectivity index (χ1n) is 9.07. The number of nitrogens with zero attached hydrogens (tertiary/aromatic N) is 2. The van der Waals surface area contributed by atoms with E-state index in [1.54, 1.807) is 31.4 Å². The normalized spacial score (nSPS) is 15.4. The maximum Gasteiger partial charge on any atom is 0.280 e. The number of anilines is 1. The van der Waals surface area contributed by atoms with Crippen molar-refractivity contribution in [1.29, 1.82) is 0 Å². The number of carbonyl (C=O) groups is 1. The number of benzene rings is 2. The van der Waals surface area contributed by atoms with Gasteiger partial charge < -0.3 is 9.47 Å². The van der Waals surface area contributed by atoms with E-state index >= 15 is 0 Å². The Labute approximate surface area is 170 Å². The summed E-state index contributed by atoms with van der Waals surface area (Å²) < 4.78 is 11.2. The maximum atomic E-state index is 12.9. The molecule has 0 saturated carbocycles. The summed E-state index contributed by atoms with van der Waals surface area (Å²) in [5.74, 6) is 1.55. The fourth-order valence-electron chi connectivity index (χ4n) is 2.76. The molecule has 0 unspecified atom stereocenters. The Balaban J connectivity index is 1.86. The van der Waals surface area contributed by atoms with Crippen molar-refractivity contribution in [3.05, 3.63) is 58.6 Å². The topological polar surface area (TPSA) is 51.1 Å². The van der Waals surface area contributed by atoms with E-state index in [9.17, 15) is 4.79 Å². The van der Waals surface area contributed by atoms with Crippen LogP contribution in [0.3, 0.4) is 0 Å². The first-order chi connectivity index (χ1) is 13.4. The van der Waals surface area contributed by atoms with E-state index in [-0.39, 0.29) is 5.91 Å². The van der Waals surface area contributed by atoms with Crippen LogP contribution in [0.1, 0.15) is 26.3 Å². The lowest BCUT2D eigenvalue weighted by atomic mass is 10.1. The van der Waals surface area contributed by atoms with Crippen molar-refractivity contribution in [3.8, 4) is 11.5 Å². The lowest BCUT2D eigenvalue weighted by molar-refractivity contribution is -0.114. The number of hydrogen-bond acceptors (Lipinski definition) is 4. The fraction of sp³-hybridized carbons (Fsp3) is 0.273. The van der Waals surface area contributed by atoms with E-state index in [0.717, 1.165) is 5.56 Å². The zero-order valence-corrected chi connectivity index (χ0v) is 17.2. The first kappa shape index (κ1) is 20.0. The molecule has 0 aromatic heterocycles. The van der Waals surface area contributed by atoms with E-state index in [2.05, 4.69) is 18.9 Å². The minimum Gasteiger partial charge on any atom is -0.493 e. The molecule has 6 heteroatoms. The highest BCUT2D eigenvalue weighted by atomic mass is 35.5. The highest BCUT2D eigenvalue weighted by Crippen LogP contribution is 2.31. The molecule has 1 heterocycles. The minimum absolute atomic E-state index is 0.182. The summed E-state index contributed by atoms with van der Waals surface area (Å²) in [5.41, 5.74) is 2.70. The average molecular weight is 399 g/mol. The Morgan fingerprint density at radius 1 is 1.14 bits per heavy atom. The van der Waals surface area contributed by atoms with Crippen LogP contribution >= 0.6 is 11.6 Å². The third-order valence-electron chi connectivity index (χ3n) is 4.20. The Morgan fingerprint density at radius 2 is 1.86 bits per heavy atom. The molecule has 28 heavy (non-hydrogen) atoms. The van der Waals surface area contributed by atoms with Crippen LogP contribution in [0.2, 0.25) is 5.02 Å². The molecular weight excluding hydrogens is 376 g/mol. The van der Waals surface area contributed by atoms with Crippen LogP contribution in [0.5, 0.6) is 11.5 Å². The number of amides is 1. The van der Waals surface area contributed by atoms with Gasteiger partial charge in [0.15, 0.2) is 11.5 Å². The Hall–Kier alpha value is -2.79. The molecule has 0 bridgehead atoms. The number of methoxy groups -OCH3 is 1. The van der Waals surface area contributed by atoms with Crippen molar-refractivity contribution < 1.29 is 14.3 Å². The van der Waals surface area contributed by atoms with E-state index in [4.69, 9.17) is 21.1 Å². The zero-order chi connectivity index (χ0) is 20.3. The maximum absolute atomic E-state index is 12.9. The molecule has 0 N–H and O–H groups in total. The highest BCUT2D eigenvalue weighted by Gasteiger charge is 2.28. The van der Waals surface area contributed by atoms with Gasteiger partial charge in [0.1, 0.15) is 0 Å². The first-order valence-corrected chi connectivity index (χ1v) is 9.45. The van der Waals surface area contributed by atoms with Crippen molar-refractivity contribution in [2.45, 2.75) is 20.8 Å². The van der Waals surface area contributed by atoms with Gasteiger partial charge in [-0.05, 0) is 60.9 Å². The molecule has 5 nitrogen and oxygen atoms in total. The largest absolute Gasteiger partial charge is 0.493 e. The van der Waals surface area contributed by atoms with Crippen LogP contribution in [-0.4, -0.2) is 25.3 Å². The summed E-state index contributed by atoms with van der Waals surface area (Å²) in [6, 6.07) is 12.6. The lowest BCUT2D eigenvalue weighted by Gasteiger charge is -2.13. The number of ether oxygens (including phenoxy) is 2. The van der Waals surface area contributed by atoms with Crippen molar-refractivity contribution in [2.75, 3.05) is 18.7 Å². The molecule has 146 valence electrons. The Morgan fingerprint density at radius 3 is 2.50 bits per heavy atom. The molecule has 3 rings (SSSR count). The van der Waals surface area contributed by atoms with Gasteiger partial charge in [-0.15, -0.1) is 0 Å². The van der Waals surface area contributed by atoms with Gasteiger partial charge in [-0.3, -0.25) is 4.79 Å². The van der Waals surface area contributed by atoms with Gasteiger partial charge in [-0.2, -0.15) is 10.1 Å². The van der Waals surface area contributed by atoms with Crippen LogP contribution in [0.15, 0.2) is 53.1 Å². The van der Waals surface area contributed by atoms with Gasteiger partial charge in [-0.1, -0.05) is 31.5 Å². The van der Waals surface area contributed by atoms with Gasteiger partial charge in [0.05, 0.1) is 30.7 Å². The number of rotatable bonds is 6. The van der Waals surface area contributed by atoms with Gasteiger partial charge in [-0.25, -0.2) is 0 Å². The second-order valence-corrected chi connectivity index (χ2v) is 7.39. The third kappa shape index (κ3) is 4.37. The molecule has 0 saturated heterocycles. The van der Waals surface area contributed by atoms with Crippen molar-refractivity contribution in [3.63, 3.8) is 0 Å². The number of hydrogen-bond donors (Lipinski definition) is 0. The van der Waals surface area contributed by atoms with Gasteiger partial charge in [0.2, 0.25) is 0 Å². The summed E-state index contributed by atoms with van der Waals surface area (Å²) in [6.07, 6.45) is 1.81. The Kier molecular flexibility index (Phi) is 6.05. The van der Waals surface area contributed by atoms with Crippen LogP contribution in [0.4, 0.5) is 5.69 Å². The monoisotopic (exact) mass is 398 g/mol. The predicted octanol–water partition coefficient (Wildman–Crippen LogP) is 5.19. The molecule has 1 aliphatic heterocycles. The molecule has 0 aliphatic carbocycles. The van der Waals surface area contributed by atoms with Gasteiger partial charge >= 0.3 is 0 Å². The molecular formula is C22H23ClN2O3. The van der Waals surface area contributed by atoms with Crippen molar-refractivity contribution in [2.24, 2.45) is 11.0 Å². The second kappa shape index (κ2) is 8.48. The molecule has 1 aliphatic rings. The minimum atomic E-state index is -0.182. The van der Waals surface area contributed by atoms with Gasteiger partial charge in [0.25, 0.3) is 5.91 Å². The average Bonchev–Trinajstić information content (AvgIpc) is 2.95.